The van der Waals surface area contributed by atoms with Gasteiger partial charge >= 0.3 is 0 Å². The molecule has 6 nitrogen and oxygen atoms in total. The number of nitrogens with one attached hydrogen (secondary N) is 1. The molecule has 2 aliphatic rings. The van der Waals surface area contributed by atoms with E-state index < -0.39 is 15.3 Å². The second-order valence-corrected chi connectivity index (χ2v) is 11.6. The lowest BCUT2D eigenvalue weighted by Crippen LogP contribution is -2.42. The summed E-state index contributed by atoms with van der Waals surface area (Å²) >= 11 is 0. The van der Waals surface area contributed by atoms with Gasteiger partial charge in [-0.05, 0) is 42.4 Å². The number of carbonyl (C=O) groups is 1. The van der Waals surface area contributed by atoms with Crippen LogP contribution in [0.5, 0.6) is 0 Å². The average Bonchev–Trinajstić information content (AvgIpc) is 3.49. The van der Waals surface area contributed by atoms with Gasteiger partial charge in [-0.3, -0.25) is 9.69 Å². The van der Waals surface area contributed by atoms with Crippen molar-refractivity contribution in [1.29, 1.82) is 0 Å². The molecule has 1 aliphatic heterocycles. The van der Waals surface area contributed by atoms with Crippen LogP contribution in [-0.2, 0) is 26.5 Å². The molecule has 1 saturated heterocycles. The van der Waals surface area contributed by atoms with E-state index in [1.807, 2.05) is 54.6 Å². The second-order valence-electron chi connectivity index (χ2n) is 9.30. The molecule has 1 amide bonds. The summed E-state index contributed by atoms with van der Waals surface area (Å²) in [5, 5.41) is 13.2. The van der Waals surface area contributed by atoms with Gasteiger partial charge in [0.05, 0.1) is 23.3 Å². The molecule has 1 saturated carbocycles. The summed E-state index contributed by atoms with van der Waals surface area (Å²) in [6.07, 6.45) is 3.74. The van der Waals surface area contributed by atoms with Gasteiger partial charge in [0.25, 0.3) is 0 Å². The first kappa shape index (κ1) is 23.0. The number of β-amino-alcohol motifs (C(OH)–C–C–N with tert-alkyl or cyclic N) is 1. The van der Waals surface area contributed by atoms with Crippen molar-refractivity contribution >= 4 is 15.7 Å². The lowest BCUT2D eigenvalue weighted by atomic mass is 9.92. The van der Waals surface area contributed by atoms with Crippen molar-refractivity contribution < 1.29 is 18.3 Å². The van der Waals surface area contributed by atoms with E-state index in [-0.39, 0.29) is 23.8 Å². The van der Waals surface area contributed by atoms with Gasteiger partial charge in [-0.1, -0.05) is 54.6 Å². The van der Waals surface area contributed by atoms with E-state index in [1.54, 1.807) is 0 Å². The second kappa shape index (κ2) is 9.33. The predicted molar refractivity (Wildman–Crippen MR) is 125 cm³/mol. The van der Waals surface area contributed by atoms with Gasteiger partial charge in [-0.2, -0.15) is 0 Å². The van der Waals surface area contributed by atoms with Crippen molar-refractivity contribution in [3.05, 3.63) is 71.3 Å². The zero-order valence-corrected chi connectivity index (χ0v) is 19.4. The largest absolute Gasteiger partial charge is 0.392 e. The average molecular weight is 457 g/mol. The van der Waals surface area contributed by atoms with E-state index in [1.165, 1.54) is 6.26 Å². The quantitative estimate of drug-likeness (QED) is 0.604. The van der Waals surface area contributed by atoms with Crippen LogP contribution in [0, 0.1) is 0 Å². The van der Waals surface area contributed by atoms with Crippen LogP contribution >= 0.6 is 0 Å². The molecule has 2 aromatic carbocycles. The molecule has 2 fully saturated rings. The Bertz CT molecular complexity index is 1050. The molecule has 0 bridgehead atoms. The Hall–Kier alpha value is -2.22. The summed E-state index contributed by atoms with van der Waals surface area (Å²) in [5.41, 5.74) is 2.42. The van der Waals surface area contributed by atoms with Crippen LogP contribution in [0.1, 0.15) is 42.0 Å². The first-order valence-electron chi connectivity index (χ1n) is 11.3. The van der Waals surface area contributed by atoms with Crippen LogP contribution in [0.2, 0.25) is 0 Å². The van der Waals surface area contributed by atoms with E-state index in [0.717, 1.165) is 42.5 Å². The number of aliphatic hydroxyl groups is 1. The topological polar surface area (TPSA) is 86.7 Å². The number of hydrogen-bond acceptors (Lipinski definition) is 5. The molecule has 172 valence electrons. The van der Waals surface area contributed by atoms with Crippen LogP contribution in [0.15, 0.2) is 54.6 Å². The van der Waals surface area contributed by atoms with Crippen LogP contribution in [0.4, 0.5) is 0 Å². The first-order chi connectivity index (χ1) is 15.2. The highest BCUT2D eigenvalue weighted by molar-refractivity contribution is 7.90. The molecule has 32 heavy (non-hydrogen) atoms. The van der Waals surface area contributed by atoms with Crippen LogP contribution < -0.4 is 5.32 Å². The fraction of sp³-hybridized carbons (Fsp3) is 0.480. The van der Waals surface area contributed by atoms with E-state index in [9.17, 15) is 18.3 Å². The van der Waals surface area contributed by atoms with Crippen molar-refractivity contribution in [2.24, 2.45) is 0 Å². The Balaban J connectivity index is 1.50. The SMILES string of the molecule is CS(=O)(=O)CCc1cccc(C2(C(=O)N[C@H](CN3CC[C@H](O)C3)c3ccccc3)CC2)c1. The lowest BCUT2D eigenvalue weighted by Gasteiger charge is -2.27. The molecule has 2 N–H and O–H groups in total. The number of rotatable bonds is 9. The Kier molecular flexibility index (Phi) is 6.70. The standard InChI is InChI=1S/C25H32N2O4S/c1-32(30,31)15-11-19-6-5-9-21(16-19)25(12-13-25)24(29)26-23(20-7-3-2-4-8-20)18-27-14-10-22(28)17-27/h2-9,16,22-23,28H,10-15,17-18H2,1H3,(H,26,29)/t22-,23+/m0/s1. The fourth-order valence-electron chi connectivity index (χ4n) is 4.55. The highest BCUT2D eigenvalue weighted by Gasteiger charge is 2.51. The van der Waals surface area contributed by atoms with Crippen molar-refractivity contribution in [3.63, 3.8) is 0 Å². The first-order valence-corrected chi connectivity index (χ1v) is 13.3. The molecule has 0 spiro atoms. The van der Waals surface area contributed by atoms with Gasteiger partial charge in [-0.15, -0.1) is 0 Å². The number of carbonyl (C=O) groups excluding carboxylic acids is 1. The third-order valence-electron chi connectivity index (χ3n) is 6.62. The van der Waals surface area contributed by atoms with E-state index in [0.29, 0.717) is 19.5 Å². The van der Waals surface area contributed by atoms with E-state index in [2.05, 4.69) is 10.2 Å². The highest BCUT2D eigenvalue weighted by Crippen LogP contribution is 2.49. The number of aryl methyl sites for hydroxylation is 1. The van der Waals surface area contributed by atoms with Gasteiger partial charge in [0.15, 0.2) is 0 Å². The number of nitrogens with zero attached hydrogens (tertiary/aromatic N) is 1. The molecule has 4 rings (SSSR count). The molecule has 1 heterocycles. The van der Waals surface area contributed by atoms with Gasteiger partial charge in [-0.25, -0.2) is 8.42 Å². The van der Waals surface area contributed by atoms with Crippen LogP contribution in [-0.4, -0.2) is 62.1 Å². The van der Waals surface area contributed by atoms with Crippen molar-refractivity contribution in [2.75, 3.05) is 31.6 Å². The Morgan fingerprint density at radius 1 is 1.19 bits per heavy atom. The fourth-order valence-corrected chi connectivity index (χ4v) is 5.16. The van der Waals surface area contributed by atoms with Crippen molar-refractivity contribution in [2.45, 2.75) is 43.2 Å². The number of hydrogen-bond donors (Lipinski definition) is 2. The maximum absolute atomic E-state index is 13.5. The molecule has 1 aliphatic carbocycles. The zero-order valence-electron chi connectivity index (χ0n) is 18.5. The molecular weight excluding hydrogens is 424 g/mol. The summed E-state index contributed by atoms with van der Waals surface area (Å²) in [7, 11) is -3.04. The van der Waals surface area contributed by atoms with Gasteiger partial charge < -0.3 is 10.4 Å². The van der Waals surface area contributed by atoms with Gasteiger partial charge in [0.1, 0.15) is 9.84 Å². The number of benzene rings is 2. The Morgan fingerprint density at radius 2 is 1.94 bits per heavy atom. The summed E-state index contributed by atoms with van der Waals surface area (Å²) in [6.45, 7) is 2.12. The van der Waals surface area contributed by atoms with E-state index in [4.69, 9.17) is 0 Å². The minimum absolute atomic E-state index is 0.0198. The normalized spacial score (nSPS) is 21.2. The lowest BCUT2D eigenvalue weighted by molar-refractivity contribution is -0.124. The minimum atomic E-state index is -3.04. The van der Waals surface area contributed by atoms with E-state index >= 15 is 0 Å². The summed E-state index contributed by atoms with van der Waals surface area (Å²) < 4.78 is 23.1. The van der Waals surface area contributed by atoms with Gasteiger partial charge in [0.2, 0.25) is 5.91 Å². The summed E-state index contributed by atoms with van der Waals surface area (Å²) in [6, 6.07) is 17.6. The molecule has 2 atom stereocenters. The Labute approximate surface area is 190 Å². The molecule has 7 heteroatoms. The number of likely N-dealkylation sites (tertiary alicyclic amines) is 1. The highest BCUT2D eigenvalue weighted by atomic mass is 32.2. The monoisotopic (exact) mass is 456 g/mol. The molecule has 0 unspecified atom stereocenters. The van der Waals surface area contributed by atoms with Crippen molar-refractivity contribution in [1.82, 2.24) is 10.2 Å². The Morgan fingerprint density at radius 3 is 2.56 bits per heavy atom. The predicted octanol–water partition coefficient (Wildman–Crippen LogP) is 2.23. The smallest absolute Gasteiger partial charge is 0.231 e. The number of sulfone groups is 1. The maximum atomic E-state index is 13.5. The van der Waals surface area contributed by atoms with Crippen LogP contribution in [0.3, 0.4) is 0 Å². The maximum Gasteiger partial charge on any atom is 0.231 e. The third kappa shape index (κ3) is 5.57. The number of amides is 1. The third-order valence-corrected chi connectivity index (χ3v) is 7.57. The number of aliphatic hydroxyl groups excluding tert-OH is 1. The summed E-state index contributed by atoms with van der Waals surface area (Å²) in [5.74, 6) is 0.124. The van der Waals surface area contributed by atoms with Crippen LogP contribution in [0.25, 0.3) is 0 Å². The molecule has 2 aromatic rings. The van der Waals surface area contributed by atoms with Crippen molar-refractivity contribution in [3.8, 4) is 0 Å². The molecule has 0 aromatic heterocycles. The van der Waals surface area contributed by atoms with Gasteiger partial charge in [0, 0.05) is 25.9 Å². The molecule has 0 radical (unpaired) electrons. The molecular formula is C25H32N2O4S. The minimum Gasteiger partial charge on any atom is -0.392 e. The summed E-state index contributed by atoms with van der Waals surface area (Å²) in [4.78, 5) is 15.7. The zero-order chi connectivity index (χ0) is 22.8.